The minimum Gasteiger partial charge on any atom is -0.337 e. The van der Waals surface area contributed by atoms with Crippen LogP contribution in [-0.2, 0) is 19.4 Å². The molecule has 0 aliphatic heterocycles. The van der Waals surface area contributed by atoms with Gasteiger partial charge >= 0.3 is 0 Å². The van der Waals surface area contributed by atoms with Gasteiger partial charge in [-0.3, -0.25) is 9.78 Å². The first-order valence-corrected chi connectivity index (χ1v) is 7.87. The zero-order valence-corrected chi connectivity index (χ0v) is 12.4. The molecular formula is C16H18N2OS. The van der Waals surface area contributed by atoms with E-state index in [2.05, 4.69) is 4.98 Å². The Morgan fingerprint density at radius 2 is 2.25 bits per heavy atom. The van der Waals surface area contributed by atoms with Gasteiger partial charge in [-0.25, -0.2) is 0 Å². The number of pyridine rings is 1. The van der Waals surface area contributed by atoms with Gasteiger partial charge in [0, 0.05) is 36.2 Å². The molecule has 20 heavy (non-hydrogen) atoms. The maximum atomic E-state index is 12.6. The van der Waals surface area contributed by atoms with Crippen molar-refractivity contribution in [1.29, 1.82) is 0 Å². The van der Waals surface area contributed by atoms with Gasteiger partial charge in [0.15, 0.2) is 0 Å². The van der Waals surface area contributed by atoms with E-state index in [1.54, 1.807) is 22.4 Å². The molecule has 1 aliphatic carbocycles. The highest BCUT2D eigenvalue weighted by Gasteiger charge is 2.22. The Labute approximate surface area is 123 Å². The Morgan fingerprint density at radius 3 is 3.05 bits per heavy atom. The van der Waals surface area contributed by atoms with Crippen LogP contribution in [0.1, 0.15) is 39.2 Å². The number of aromatic nitrogens is 1. The zero-order valence-electron chi connectivity index (χ0n) is 11.6. The Morgan fingerprint density at radius 1 is 1.40 bits per heavy atom. The van der Waals surface area contributed by atoms with E-state index in [9.17, 15) is 4.79 Å². The molecule has 0 saturated heterocycles. The number of rotatable bonds is 3. The molecule has 0 spiro atoms. The first-order chi connectivity index (χ1) is 9.75. The number of fused-ring (bicyclic) bond motifs is 1. The third-order valence-electron chi connectivity index (χ3n) is 3.78. The second kappa shape index (κ2) is 5.75. The number of thiophene rings is 1. The predicted octanol–water partition coefficient (Wildman–Crippen LogP) is 3.29. The summed E-state index contributed by atoms with van der Waals surface area (Å²) >= 11 is 1.74. The van der Waals surface area contributed by atoms with Gasteiger partial charge < -0.3 is 4.90 Å². The van der Waals surface area contributed by atoms with Gasteiger partial charge in [-0.05, 0) is 42.9 Å². The van der Waals surface area contributed by atoms with Crippen molar-refractivity contribution < 1.29 is 4.79 Å². The van der Waals surface area contributed by atoms with Crippen molar-refractivity contribution in [1.82, 2.24) is 9.88 Å². The molecule has 0 bridgehead atoms. The lowest BCUT2D eigenvalue weighted by molar-refractivity contribution is 0.0784. The number of amides is 1. The van der Waals surface area contributed by atoms with E-state index in [0.29, 0.717) is 6.54 Å². The number of carbonyl (C=O) groups is 1. The fraction of sp³-hybridized carbons (Fsp3) is 0.375. The Bertz CT molecular complexity index is 606. The maximum absolute atomic E-state index is 12.6. The summed E-state index contributed by atoms with van der Waals surface area (Å²) in [5.74, 6) is 0.133. The molecule has 0 atom stereocenters. The van der Waals surface area contributed by atoms with Crippen LogP contribution in [0.25, 0.3) is 0 Å². The molecule has 1 aliphatic rings. The number of hydrogen-bond donors (Lipinski definition) is 0. The van der Waals surface area contributed by atoms with Crippen LogP contribution < -0.4 is 0 Å². The molecule has 3 nitrogen and oxygen atoms in total. The largest absolute Gasteiger partial charge is 0.337 e. The summed E-state index contributed by atoms with van der Waals surface area (Å²) in [6, 6.07) is 3.90. The number of aryl methyl sites for hydroxylation is 1. The molecule has 4 heteroatoms. The van der Waals surface area contributed by atoms with E-state index in [1.807, 2.05) is 30.8 Å². The summed E-state index contributed by atoms with van der Waals surface area (Å²) in [5, 5.41) is 2.04. The molecule has 0 unspecified atom stereocenters. The molecule has 2 aromatic rings. The minimum atomic E-state index is 0.133. The molecule has 0 radical (unpaired) electrons. The summed E-state index contributed by atoms with van der Waals surface area (Å²) < 4.78 is 0. The van der Waals surface area contributed by atoms with Crippen molar-refractivity contribution in [2.45, 2.75) is 32.2 Å². The van der Waals surface area contributed by atoms with Crippen molar-refractivity contribution in [3.8, 4) is 0 Å². The molecule has 2 aromatic heterocycles. The van der Waals surface area contributed by atoms with E-state index < -0.39 is 0 Å². The average molecular weight is 286 g/mol. The normalized spacial score (nSPS) is 13.8. The lowest BCUT2D eigenvalue weighted by atomic mass is 9.95. The molecule has 0 fully saturated rings. The third-order valence-corrected chi connectivity index (χ3v) is 4.87. The lowest BCUT2D eigenvalue weighted by Crippen LogP contribution is -2.27. The summed E-state index contributed by atoms with van der Waals surface area (Å²) in [6.07, 6.45) is 8.22. The SMILES string of the molecule is CN(Cc1cccnc1)C(=O)c1csc2c1CCCC2. The smallest absolute Gasteiger partial charge is 0.255 e. The molecule has 2 heterocycles. The van der Waals surface area contributed by atoms with E-state index >= 15 is 0 Å². The first kappa shape index (κ1) is 13.3. The summed E-state index contributed by atoms with van der Waals surface area (Å²) in [4.78, 5) is 19.9. The predicted molar refractivity (Wildman–Crippen MR) is 81.0 cm³/mol. The van der Waals surface area contributed by atoms with Crippen LogP contribution in [0.4, 0.5) is 0 Å². The van der Waals surface area contributed by atoms with Gasteiger partial charge in [0.25, 0.3) is 5.91 Å². The van der Waals surface area contributed by atoms with E-state index in [1.165, 1.54) is 23.3 Å². The van der Waals surface area contributed by atoms with E-state index in [0.717, 1.165) is 24.0 Å². The number of carbonyl (C=O) groups excluding carboxylic acids is 1. The highest BCUT2D eigenvalue weighted by atomic mass is 32.1. The highest BCUT2D eigenvalue weighted by Crippen LogP contribution is 2.30. The Kier molecular flexibility index (Phi) is 3.83. The topological polar surface area (TPSA) is 33.2 Å². The van der Waals surface area contributed by atoms with Crippen LogP contribution in [0.3, 0.4) is 0 Å². The van der Waals surface area contributed by atoms with Gasteiger partial charge in [-0.15, -0.1) is 11.3 Å². The van der Waals surface area contributed by atoms with Gasteiger partial charge in [-0.1, -0.05) is 6.07 Å². The number of hydrogen-bond acceptors (Lipinski definition) is 3. The monoisotopic (exact) mass is 286 g/mol. The molecule has 104 valence electrons. The fourth-order valence-corrected chi connectivity index (χ4v) is 3.84. The Balaban J connectivity index is 1.77. The van der Waals surface area contributed by atoms with Crippen molar-refractivity contribution in [3.05, 3.63) is 51.5 Å². The molecule has 0 saturated carbocycles. The van der Waals surface area contributed by atoms with Crippen LogP contribution in [0.5, 0.6) is 0 Å². The van der Waals surface area contributed by atoms with E-state index in [4.69, 9.17) is 0 Å². The summed E-state index contributed by atoms with van der Waals surface area (Å²) in [6.45, 7) is 0.608. The van der Waals surface area contributed by atoms with Crippen molar-refractivity contribution >= 4 is 17.2 Å². The minimum absolute atomic E-state index is 0.133. The van der Waals surface area contributed by atoms with Crippen LogP contribution >= 0.6 is 11.3 Å². The summed E-state index contributed by atoms with van der Waals surface area (Å²) in [5.41, 5.74) is 3.27. The molecule has 0 aromatic carbocycles. The highest BCUT2D eigenvalue weighted by molar-refractivity contribution is 7.10. The molecule has 3 rings (SSSR count). The second-order valence-electron chi connectivity index (χ2n) is 5.28. The van der Waals surface area contributed by atoms with E-state index in [-0.39, 0.29) is 5.91 Å². The summed E-state index contributed by atoms with van der Waals surface area (Å²) in [7, 11) is 1.86. The van der Waals surface area contributed by atoms with Crippen LogP contribution in [0.15, 0.2) is 29.9 Å². The first-order valence-electron chi connectivity index (χ1n) is 6.99. The molecule has 1 amide bonds. The van der Waals surface area contributed by atoms with Gasteiger partial charge in [0.1, 0.15) is 0 Å². The van der Waals surface area contributed by atoms with Gasteiger partial charge in [0.2, 0.25) is 0 Å². The quantitative estimate of drug-likeness (QED) is 0.867. The van der Waals surface area contributed by atoms with Gasteiger partial charge in [-0.2, -0.15) is 0 Å². The van der Waals surface area contributed by atoms with Crippen LogP contribution in [0.2, 0.25) is 0 Å². The third kappa shape index (κ3) is 2.61. The number of nitrogens with zero attached hydrogens (tertiary/aromatic N) is 2. The zero-order chi connectivity index (χ0) is 13.9. The second-order valence-corrected chi connectivity index (χ2v) is 6.24. The van der Waals surface area contributed by atoms with Crippen molar-refractivity contribution in [3.63, 3.8) is 0 Å². The van der Waals surface area contributed by atoms with Crippen LogP contribution in [-0.4, -0.2) is 22.8 Å². The fourth-order valence-electron chi connectivity index (χ4n) is 2.72. The average Bonchev–Trinajstić information content (AvgIpc) is 2.91. The molecule has 0 N–H and O–H groups in total. The van der Waals surface area contributed by atoms with Crippen molar-refractivity contribution in [2.75, 3.05) is 7.05 Å². The van der Waals surface area contributed by atoms with Crippen LogP contribution in [0, 0.1) is 0 Å². The van der Waals surface area contributed by atoms with Crippen molar-refractivity contribution in [2.24, 2.45) is 0 Å². The standard InChI is InChI=1S/C16H18N2OS/c1-18(10-12-5-4-8-17-9-12)16(19)14-11-20-15-7-3-2-6-13(14)15/h4-5,8-9,11H,2-3,6-7,10H2,1H3. The maximum Gasteiger partial charge on any atom is 0.255 e. The lowest BCUT2D eigenvalue weighted by Gasteiger charge is -2.19. The van der Waals surface area contributed by atoms with Gasteiger partial charge in [0.05, 0.1) is 5.56 Å². The Hall–Kier alpha value is -1.68. The molecular weight excluding hydrogens is 268 g/mol.